The zero-order valence-electron chi connectivity index (χ0n) is 12.6. The Balaban J connectivity index is 1.56. The normalized spacial score (nSPS) is 14.2. The topological polar surface area (TPSA) is 37.6 Å². The number of nitrogens with zero attached hydrogens (tertiary/aromatic N) is 1. The smallest absolute Gasteiger partial charge is 0.123 e. The molecule has 112 valence electrons. The molecule has 0 amide bonds. The fourth-order valence-corrected chi connectivity index (χ4v) is 2.30. The Morgan fingerprint density at radius 2 is 1.86 bits per heavy atom. The lowest BCUT2D eigenvalue weighted by atomic mass is 10.2. The van der Waals surface area contributed by atoms with E-state index in [1.807, 2.05) is 12.1 Å². The third-order valence-electron chi connectivity index (χ3n) is 3.77. The van der Waals surface area contributed by atoms with Crippen LogP contribution < -0.4 is 15.0 Å². The second-order valence-corrected chi connectivity index (χ2v) is 5.58. The van der Waals surface area contributed by atoms with E-state index in [0.29, 0.717) is 6.04 Å². The fourth-order valence-electron chi connectivity index (χ4n) is 2.30. The molecule has 0 unspecified atom stereocenters. The lowest BCUT2D eigenvalue weighted by molar-refractivity contribution is 0.415. The van der Waals surface area contributed by atoms with Crippen molar-refractivity contribution in [3.05, 3.63) is 47.9 Å². The van der Waals surface area contributed by atoms with E-state index in [-0.39, 0.29) is 0 Å². The van der Waals surface area contributed by atoms with E-state index in [1.54, 1.807) is 7.11 Å². The van der Waals surface area contributed by atoms with E-state index >= 15 is 0 Å². The van der Waals surface area contributed by atoms with Gasteiger partial charge in [0.05, 0.1) is 20.2 Å². The summed E-state index contributed by atoms with van der Waals surface area (Å²) in [6, 6.07) is 12.9. The molecule has 1 aromatic carbocycles. The van der Waals surface area contributed by atoms with Crippen LogP contribution in [0.1, 0.15) is 24.4 Å². The summed E-state index contributed by atoms with van der Waals surface area (Å²) in [4.78, 5) is 2.16. The van der Waals surface area contributed by atoms with Gasteiger partial charge in [0.25, 0.3) is 0 Å². The zero-order valence-corrected chi connectivity index (χ0v) is 12.6. The Morgan fingerprint density at radius 3 is 2.52 bits per heavy atom. The Labute approximate surface area is 125 Å². The Bertz CT molecular complexity index is 573. The summed E-state index contributed by atoms with van der Waals surface area (Å²) >= 11 is 0. The van der Waals surface area contributed by atoms with Gasteiger partial charge in [-0.2, -0.15) is 0 Å². The van der Waals surface area contributed by atoms with Crippen LogP contribution in [0.2, 0.25) is 0 Å². The predicted octanol–water partition coefficient (Wildman–Crippen LogP) is 3.18. The third-order valence-corrected chi connectivity index (χ3v) is 3.77. The number of nitrogens with one attached hydrogen (secondary N) is 1. The molecule has 4 heteroatoms. The first kappa shape index (κ1) is 14.0. The van der Waals surface area contributed by atoms with Crippen LogP contribution in [0.15, 0.2) is 40.8 Å². The van der Waals surface area contributed by atoms with Crippen LogP contribution in [0.25, 0.3) is 0 Å². The van der Waals surface area contributed by atoms with Crippen LogP contribution in [0, 0.1) is 0 Å². The van der Waals surface area contributed by atoms with Crippen molar-refractivity contribution in [2.75, 3.05) is 19.1 Å². The number of furan rings is 1. The Hall–Kier alpha value is -1.94. The van der Waals surface area contributed by atoms with E-state index in [4.69, 9.17) is 9.15 Å². The first-order valence-corrected chi connectivity index (χ1v) is 7.41. The third kappa shape index (κ3) is 3.79. The number of methoxy groups -OCH3 is 1. The Morgan fingerprint density at radius 1 is 1.14 bits per heavy atom. The van der Waals surface area contributed by atoms with Crippen molar-refractivity contribution in [1.29, 1.82) is 0 Å². The molecule has 0 radical (unpaired) electrons. The number of hydrogen-bond acceptors (Lipinski definition) is 4. The van der Waals surface area contributed by atoms with Crippen LogP contribution in [-0.2, 0) is 13.1 Å². The minimum atomic E-state index is 0.709. The Kier molecular flexibility index (Phi) is 4.15. The predicted molar refractivity (Wildman–Crippen MR) is 83.7 cm³/mol. The molecule has 4 nitrogen and oxygen atoms in total. The number of hydrogen-bond donors (Lipinski definition) is 1. The standard InChI is InChI=1S/C17H22N2O2/c1-19(14-5-7-15(20-2)8-6-14)12-17-10-9-16(21-17)11-18-13-3-4-13/h5-10,13,18H,3-4,11-12H2,1-2H3. The lowest BCUT2D eigenvalue weighted by Crippen LogP contribution is -2.16. The summed E-state index contributed by atoms with van der Waals surface area (Å²) in [7, 11) is 3.74. The van der Waals surface area contributed by atoms with Gasteiger partial charge in [-0.05, 0) is 49.2 Å². The number of ether oxygens (including phenoxy) is 1. The number of rotatable bonds is 7. The molecule has 1 heterocycles. The van der Waals surface area contributed by atoms with Gasteiger partial charge in [0.1, 0.15) is 17.3 Å². The van der Waals surface area contributed by atoms with E-state index in [0.717, 1.165) is 36.0 Å². The molecule has 1 N–H and O–H groups in total. The molecule has 0 spiro atoms. The molecular weight excluding hydrogens is 264 g/mol. The summed E-state index contributed by atoms with van der Waals surface area (Å²) in [6.45, 7) is 1.59. The minimum absolute atomic E-state index is 0.709. The molecule has 0 atom stereocenters. The molecule has 3 rings (SSSR count). The second kappa shape index (κ2) is 6.22. The van der Waals surface area contributed by atoms with Crippen molar-refractivity contribution in [3.8, 4) is 5.75 Å². The molecule has 0 aliphatic heterocycles. The summed E-state index contributed by atoms with van der Waals surface area (Å²) in [6.07, 6.45) is 2.60. The summed E-state index contributed by atoms with van der Waals surface area (Å²) < 4.78 is 11.0. The molecule has 1 aliphatic carbocycles. The molecule has 21 heavy (non-hydrogen) atoms. The highest BCUT2D eigenvalue weighted by Gasteiger charge is 2.20. The maximum Gasteiger partial charge on any atom is 0.123 e. The van der Waals surface area contributed by atoms with E-state index < -0.39 is 0 Å². The highest BCUT2D eigenvalue weighted by molar-refractivity contribution is 5.48. The first-order valence-electron chi connectivity index (χ1n) is 7.41. The molecule has 0 bridgehead atoms. The van der Waals surface area contributed by atoms with E-state index in [9.17, 15) is 0 Å². The van der Waals surface area contributed by atoms with Gasteiger partial charge in [0.2, 0.25) is 0 Å². The molecule has 1 fully saturated rings. The molecule has 1 aliphatic rings. The molecular formula is C17H22N2O2. The van der Waals surface area contributed by atoms with Crippen LogP contribution in [0.4, 0.5) is 5.69 Å². The van der Waals surface area contributed by atoms with Crippen molar-refractivity contribution >= 4 is 5.69 Å². The van der Waals surface area contributed by atoms with Gasteiger partial charge in [-0.3, -0.25) is 0 Å². The van der Waals surface area contributed by atoms with E-state index in [2.05, 4.69) is 41.5 Å². The number of benzene rings is 1. The monoisotopic (exact) mass is 286 g/mol. The van der Waals surface area contributed by atoms with Gasteiger partial charge in [-0.15, -0.1) is 0 Å². The van der Waals surface area contributed by atoms with Gasteiger partial charge in [-0.1, -0.05) is 0 Å². The highest BCUT2D eigenvalue weighted by atomic mass is 16.5. The van der Waals surface area contributed by atoms with Gasteiger partial charge in [0, 0.05) is 18.8 Å². The van der Waals surface area contributed by atoms with Gasteiger partial charge in [0.15, 0.2) is 0 Å². The maximum absolute atomic E-state index is 5.87. The van der Waals surface area contributed by atoms with Crippen LogP contribution >= 0.6 is 0 Å². The van der Waals surface area contributed by atoms with E-state index in [1.165, 1.54) is 12.8 Å². The maximum atomic E-state index is 5.87. The van der Waals surface area contributed by atoms with Crippen molar-refractivity contribution in [3.63, 3.8) is 0 Å². The summed E-state index contributed by atoms with van der Waals surface area (Å²) in [5.41, 5.74) is 1.14. The summed E-state index contributed by atoms with van der Waals surface area (Å²) in [5.74, 6) is 2.87. The molecule has 0 saturated heterocycles. The average molecular weight is 286 g/mol. The lowest BCUT2D eigenvalue weighted by Gasteiger charge is -2.18. The quantitative estimate of drug-likeness (QED) is 0.848. The molecule has 1 aromatic heterocycles. The van der Waals surface area contributed by atoms with Crippen LogP contribution in [-0.4, -0.2) is 20.2 Å². The zero-order chi connectivity index (χ0) is 14.7. The molecule has 2 aromatic rings. The first-order chi connectivity index (χ1) is 10.2. The minimum Gasteiger partial charge on any atom is -0.497 e. The van der Waals surface area contributed by atoms with Crippen molar-refractivity contribution in [2.24, 2.45) is 0 Å². The van der Waals surface area contributed by atoms with Crippen LogP contribution in [0.3, 0.4) is 0 Å². The second-order valence-electron chi connectivity index (χ2n) is 5.58. The van der Waals surface area contributed by atoms with Crippen molar-refractivity contribution < 1.29 is 9.15 Å². The van der Waals surface area contributed by atoms with Gasteiger partial charge >= 0.3 is 0 Å². The highest BCUT2D eigenvalue weighted by Crippen LogP contribution is 2.22. The van der Waals surface area contributed by atoms with Crippen molar-refractivity contribution in [2.45, 2.75) is 32.0 Å². The average Bonchev–Trinajstić information content (AvgIpc) is 3.25. The largest absolute Gasteiger partial charge is 0.497 e. The van der Waals surface area contributed by atoms with Gasteiger partial charge < -0.3 is 19.4 Å². The van der Waals surface area contributed by atoms with Crippen LogP contribution in [0.5, 0.6) is 5.75 Å². The summed E-state index contributed by atoms with van der Waals surface area (Å²) in [5, 5.41) is 3.46. The SMILES string of the molecule is COc1ccc(N(C)Cc2ccc(CNC3CC3)o2)cc1. The number of anilines is 1. The fraction of sp³-hybridized carbons (Fsp3) is 0.412. The molecule has 1 saturated carbocycles. The van der Waals surface area contributed by atoms with Gasteiger partial charge in [-0.25, -0.2) is 0 Å². The van der Waals surface area contributed by atoms with Crippen molar-refractivity contribution in [1.82, 2.24) is 5.32 Å².